The highest BCUT2D eigenvalue weighted by molar-refractivity contribution is 9.10. The second-order valence-corrected chi connectivity index (χ2v) is 10.6. The zero-order chi connectivity index (χ0) is 27.5. The van der Waals surface area contributed by atoms with Crippen LogP contribution >= 0.6 is 15.9 Å². The van der Waals surface area contributed by atoms with Gasteiger partial charge in [0.2, 0.25) is 0 Å². The van der Waals surface area contributed by atoms with Crippen molar-refractivity contribution in [2.45, 2.75) is 44.3 Å². The second kappa shape index (κ2) is 14.7. The lowest BCUT2D eigenvalue weighted by Crippen LogP contribution is -2.40. The van der Waals surface area contributed by atoms with Gasteiger partial charge in [0.1, 0.15) is 18.5 Å². The number of carbonyl (C=O) groups excluding carboxylic acids is 1. The van der Waals surface area contributed by atoms with E-state index >= 15 is 0 Å². The number of rotatable bonds is 14. The average Bonchev–Trinajstić information content (AvgIpc) is 3.38. The Morgan fingerprint density at radius 1 is 0.974 bits per heavy atom. The SMILES string of the molecule is NC(Cc1cn(Cc2ccccc2)cn1)C(=O)OCC(Cc1ccc(F)cc1)NCCCc1ccc(Br)cc1. The maximum Gasteiger partial charge on any atom is 0.323 e. The molecule has 0 saturated heterocycles. The van der Waals surface area contributed by atoms with Gasteiger partial charge in [0, 0.05) is 29.7 Å². The number of esters is 1. The molecule has 0 radical (unpaired) electrons. The van der Waals surface area contributed by atoms with E-state index in [1.165, 1.54) is 23.3 Å². The van der Waals surface area contributed by atoms with E-state index in [0.717, 1.165) is 35.1 Å². The van der Waals surface area contributed by atoms with Crippen molar-refractivity contribution in [2.24, 2.45) is 5.73 Å². The smallest absolute Gasteiger partial charge is 0.323 e. The second-order valence-electron chi connectivity index (χ2n) is 9.68. The Balaban J connectivity index is 1.27. The molecule has 8 heteroatoms. The molecule has 1 heterocycles. The number of aromatic nitrogens is 2. The molecule has 0 aliphatic heterocycles. The number of nitrogens with zero attached hydrogens (tertiary/aromatic N) is 2. The lowest BCUT2D eigenvalue weighted by molar-refractivity contribution is -0.146. The Morgan fingerprint density at radius 2 is 1.69 bits per heavy atom. The predicted octanol–water partition coefficient (Wildman–Crippen LogP) is 5.08. The minimum atomic E-state index is -0.811. The maximum absolute atomic E-state index is 13.4. The van der Waals surface area contributed by atoms with Crippen molar-refractivity contribution in [2.75, 3.05) is 13.2 Å². The first kappa shape index (κ1) is 28.7. The average molecular weight is 594 g/mol. The molecule has 0 bridgehead atoms. The van der Waals surface area contributed by atoms with Crippen LogP contribution in [0.5, 0.6) is 0 Å². The van der Waals surface area contributed by atoms with Crippen molar-refractivity contribution in [3.05, 3.63) is 124 Å². The van der Waals surface area contributed by atoms with Crippen LogP contribution in [0.4, 0.5) is 4.39 Å². The zero-order valence-electron chi connectivity index (χ0n) is 21.8. The molecule has 2 unspecified atom stereocenters. The van der Waals surface area contributed by atoms with Crippen LogP contribution in [0.2, 0.25) is 0 Å². The number of hydrogen-bond donors (Lipinski definition) is 2. The van der Waals surface area contributed by atoms with Crippen LogP contribution in [0, 0.1) is 5.82 Å². The van der Waals surface area contributed by atoms with Gasteiger partial charge < -0.3 is 20.4 Å². The minimum absolute atomic E-state index is 0.124. The van der Waals surface area contributed by atoms with Crippen LogP contribution in [-0.4, -0.2) is 40.8 Å². The van der Waals surface area contributed by atoms with Gasteiger partial charge in [-0.3, -0.25) is 4.79 Å². The number of hydrogen-bond acceptors (Lipinski definition) is 5. The molecule has 2 atom stereocenters. The molecule has 3 N–H and O–H groups in total. The van der Waals surface area contributed by atoms with E-state index in [1.807, 2.05) is 41.1 Å². The van der Waals surface area contributed by atoms with Gasteiger partial charge in [-0.05, 0) is 66.8 Å². The molecule has 0 amide bonds. The molecular weight excluding hydrogens is 559 g/mol. The van der Waals surface area contributed by atoms with Crippen LogP contribution in [-0.2, 0) is 35.3 Å². The summed E-state index contributed by atoms with van der Waals surface area (Å²) in [4.78, 5) is 17.1. The summed E-state index contributed by atoms with van der Waals surface area (Å²) in [6.07, 6.45) is 6.42. The van der Waals surface area contributed by atoms with Gasteiger partial charge in [0.15, 0.2) is 0 Å². The third kappa shape index (κ3) is 9.73. The van der Waals surface area contributed by atoms with E-state index in [-0.39, 0.29) is 18.5 Å². The van der Waals surface area contributed by atoms with Gasteiger partial charge in [-0.15, -0.1) is 0 Å². The molecule has 0 aliphatic carbocycles. The number of nitrogens with one attached hydrogen (secondary N) is 1. The number of ether oxygens (including phenoxy) is 1. The van der Waals surface area contributed by atoms with Gasteiger partial charge in [-0.2, -0.15) is 0 Å². The van der Waals surface area contributed by atoms with E-state index in [9.17, 15) is 9.18 Å². The quantitative estimate of drug-likeness (QED) is 0.158. The summed E-state index contributed by atoms with van der Waals surface area (Å²) >= 11 is 3.46. The summed E-state index contributed by atoms with van der Waals surface area (Å²) in [5.41, 5.74) is 10.3. The summed E-state index contributed by atoms with van der Waals surface area (Å²) in [7, 11) is 0. The van der Waals surface area contributed by atoms with Crippen LogP contribution in [0.25, 0.3) is 0 Å². The summed E-state index contributed by atoms with van der Waals surface area (Å²) in [5, 5.41) is 3.50. The first-order valence-electron chi connectivity index (χ1n) is 13.1. The Morgan fingerprint density at radius 3 is 2.44 bits per heavy atom. The van der Waals surface area contributed by atoms with Crippen molar-refractivity contribution in [3.8, 4) is 0 Å². The molecule has 1 aromatic heterocycles. The summed E-state index contributed by atoms with van der Waals surface area (Å²) < 4.78 is 22.0. The normalized spacial score (nSPS) is 12.7. The number of benzene rings is 3. The van der Waals surface area contributed by atoms with Gasteiger partial charge >= 0.3 is 5.97 Å². The van der Waals surface area contributed by atoms with Crippen LogP contribution in [0.15, 0.2) is 95.9 Å². The Bertz CT molecular complexity index is 1300. The fraction of sp³-hybridized carbons (Fsp3) is 0.290. The largest absolute Gasteiger partial charge is 0.463 e. The lowest BCUT2D eigenvalue weighted by Gasteiger charge is -2.20. The molecule has 6 nitrogen and oxygen atoms in total. The summed E-state index contributed by atoms with van der Waals surface area (Å²) in [6, 6.07) is 23.8. The molecule has 3 aromatic carbocycles. The number of nitrogens with two attached hydrogens (primary N) is 1. The summed E-state index contributed by atoms with van der Waals surface area (Å²) in [6.45, 7) is 1.63. The minimum Gasteiger partial charge on any atom is -0.463 e. The van der Waals surface area contributed by atoms with Gasteiger partial charge in [-0.25, -0.2) is 9.37 Å². The maximum atomic E-state index is 13.4. The topological polar surface area (TPSA) is 82.2 Å². The van der Waals surface area contributed by atoms with E-state index in [0.29, 0.717) is 19.4 Å². The first-order valence-corrected chi connectivity index (χ1v) is 13.9. The molecule has 0 fully saturated rings. The number of aryl methyl sites for hydroxylation is 1. The number of carbonyl (C=O) groups is 1. The molecule has 204 valence electrons. The van der Waals surface area contributed by atoms with Crippen molar-refractivity contribution in [1.82, 2.24) is 14.9 Å². The van der Waals surface area contributed by atoms with E-state index in [2.05, 4.69) is 50.5 Å². The van der Waals surface area contributed by atoms with Crippen LogP contribution < -0.4 is 11.1 Å². The van der Waals surface area contributed by atoms with Crippen molar-refractivity contribution >= 4 is 21.9 Å². The highest BCUT2D eigenvalue weighted by Crippen LogP contribution is 2.12. The molecule has 0 spiro atoms. The fourth-order valence-electron chi connectivity index (χ4n) is 4.34. The van der Waals surface area contributed by atoms with Gasteiger partial charge in [-0.1, -0.05) is 70.5 Å². The Kier molecular flexibility index (Phi) is 10.8. The predicted molar refractivity (Wildman–Crippen MR) is 155 cm³/mol. The molecule has 0 aliphatic rings. The summed E-state index contributed by atoms with van der Waals surface area (Å²) in [5.74, 6) is -0.741. The first-order chi connectivity index (χ1) is 18.9. The molecule has 39 heavy (non-hydrogen) atoms. The van der Waals surface area contributed by atoms with Crippen molar-refractivity contribution < 1.29 is 13.9 Å². The molecule has 0 saturated carbocycles. The van der Waals surface area contributed by atoms with Crippen LogP contribution in [0.1, 0.15) is 28.8 Å². The standard InChI is InChI=1S/C31H34BrFN4O2/c32-26-12-8-23(9-13-26)7-4-16-35-29(17-24-10-14-27(33)15-11-24)21-39-31(38)30(34)18-28-20-37(22-36-28)19-25-5-2-1-3-6-25/h1-3,5-6,8-15,20,22,29-30,35H,4,7,16-19,21,34H2. The van der Waals surface area contributed by atoms with Gasteiger partial charge in [0.25, 0.3) is 0 Å². The molecular formula is C31H34BrFN4O2. The zero-order valence-corrected chi connectivity index (χ0v) is 23.4. The number of imidazole rings is 1. The Labute approximate surface area is 237 Å². The van der Waals surface area contributed by atoms with E-state index in [4.69, 9.17) is 10.5 Å². The van der Waals surface area contributed by atoms with Crippen LogP contribution in [0.3, 0.4) is 0 Å². The molecule has 4 aromatic rings. The van der Waals surface area contributed by atoms with Crippen molar-refractivity contribution in [1.29, 1.82) is 0 Å². The Hall–Kier alpha value is -3.33. The fourth-order valence-corrected chi connectivity index (χ4v) is 4.60. The van der Waals surface area contributed by atoms with E-state index < -0.39 is 12.0 Å². The van der Waals surface area contributed by atoms with Gasteiger partial charge in [0.05, 0.1) is 12.0 Å². The number of halogens is 2. The third-order valence-corrected chi connectivity index (χ3v) is 6.97. The lowest BCUT2D eigenvalue weighted by atomic mass is 10.1. The highest BCUT2D eigenvalue weighted by Gasteiger charge is 2.20. The van der Waals surface area contributed by atoms with E-state index in [1.54, 1.807) is 18.5 Å². The van der Waals surface area contributed by atoms with Crippen molar-refractivity contribution in [3.63, 3.8) is 0 Å². The monoisotopic (exact) mass is 592 g/mol. The third-order valence-electron chi connectivity index (χ3n) is 6.44. The highest BCUT2D eigenvalue weighted by atomic mass is 79.9. The molecule has 4 rings (SSSR count).